The SMILES string of the molecule is CCn1cc2c(n1)C(COCC1CC1)CN(CC1CCOCC1)C2. The van der Waals surface area contributed by atoms with Crippen molar-refractivity contribution in [2.24, 2.45) is 11.8 Å². The normalized spacial score (nSPS) is 25.8. The molecule has 1 saturated carbocycles. The number of fused-ring (bicyclic) bond motifs is 1. The van der Waals surface area contributed by atoms with Crippen molar-refractivity contribution < 1.29 is 9.47 Å². The van der Waals surface area contributed by atoms with E-state index in [0.29, 0.717) is 5.92 Å². The summed E-state index contributed by atoms with van der Waals surface area (Å²) in [5.74, 6) is 2.05. The third kappa shape index (κ3) is 4.01. The predicted octanol–water partition coefficient (Wildman–Crippen LogP) is 2.66. The number of hydrogen-bond donors (Lipinski definition) is 0. The summed E-state index contributed by atoms with van der Waals surface area (Å²) in [6, 6.07) is 0. The molecule has 4 rings (SSSR count). The van der Waals surface area contributed by atoms with Crippen molar-refractivity contribution in [3.63, 3.8) is 0 Å². The van der Waals surface area contributed by atoms with Crippen LogP contribution in [0.1, 0.15) is 49.8 Å². The van der Waals surface area contributed by atoms with Crippen LogP contribution in [0, 0.1) is 11.8 Å². The molecule has 1 saturated heterocycles. The van der Waals surface area contributed by atoms with E-state index in [0.717, 1.165) is 57.9 Å². The molecule has 3 heterocycles. The molecule has 2 aliphatic heterocycles. The molecule has 0 bridgehead atoms. The molecule has 1 unspecified atom stereocenters. The Morgan fingerprint density at radius 3 is 2.75 bits per heavy atom. The third-order valence-corrected chi connectivity index (χ3v) is 5.68. The minimum atomic E-state index is 0.431. The van der Waals surface area contributed by atoms with Crippen LogP contribution in [0.3, 0.4) is 0 Å². The molecule has 0 amide bonds. The molecule has 0 spiro atoms. The molecule has 1 aromatic rings. The number of ether oxygens (including phenoxy) is 2. The van der Waals surface area contributed by atoms with Crippen LogP contribution >= 0.6 is 0 Å². The smallest absolute Gasteiger partial charge is 0.0736 e. The van der Waals surface area contributed by atoms with Crippen LogP contribution in [0.2, 0.25) is 0 Å². The summed E-state index contributed by atoms with van der Waals surface area (Å²) >= 11 is 0. The molecule has 1 aliphatic carbocycles. The summed E-state index contributed by atoms with van der Waals surface area (Å²) in [7, 11) is 0. The zero-order valence-electron chi connectivity index (χ0n) is 15.0. The topological polar surface area (TPSA) is 39.5 Å². The lowest BCUT2D eigenvalue weighted by Crippen LogP contribution is -2.39. The Balaban J connectivity index is 1.41. The molecule has 134 valence electrons. The highest BCUT2D eigenvalue weighted by molar-refractivity contribution is 5.24. The summed E-state index contributed by atoms with van der Waals surface area (Å²) in [5.41, 5.74) is 2.70. The molecule has 3 aliphatic rings. The number of hydrogen-bond acceptors (Lipinski definition) is 4. The highest BCUT2D eigenvalue weighted by Gasteiger charge is 2.31. The fourth-order valence-electron chi connectivity index (χ4n) is 4.04. The second kappa shape index (κ2) is 7.54. The van der Waals surface area contributed by atoms with E-state index < -0.39 is 0 Å². The molecular weight excluding hydrogens is 302 g/mol. The van der Waals surface area contributed by atoms with Gasteiger partial charge in [-0.25, -0.2) is 0 Å². The van der Waals surface area contributed by atoms with Crippen LogP contribution in [0.25, 0.3) is 0 Å². The van der Waals surface area contributed by atoms with E-state index in [9.17, 15) is 0 Å². The molecule has 24 heavy (non-hydrogen) atoms. The fourth-order valence-corrected chi connectivity index (χ4v) is 4.04. The van der Waals surface area contributed by atoms with Gasteiger partial charge in [0.25, 0.3) is 0 Å². The van der Waals surface area contributed by atoms with Crippen LogP contribution in [-0.2, 0) is 22.6 Å². The Morgan fingerprint density at radius 2 is 2.00 bits per heavy atom. The van der Waals surface area contributed by atoms with Crippen molar-refractivity contribution in [1.82, 2.24) is 14.7 Å². The number of aromatic nitrogens is 2. The van der Waals surface area contributed by atoms with Gasteiger partial charge in [-0.1, -0.05) is 0 Å². The monoisotopic (exact) mass is 333 g/mol. The van der Waals surface area contributed by atoms with Crippen molar-refractivity contribution in [2.75, 3.05) is 39.5 Å². The average molecular weight is 333 g/mol. The first-order chi connectivity index (χ1) is 11.8. The van der Waals surface area contributed by atoms with E-state index in [-0.39, 0.29) is 0 Å². The summed E-state index contributed by atoms with van der Waals surface area (Å²) in [4.78, 5) is 2.63. The largest absolute Gasteiger partial charge is 0.381 e. The van der Waals surface area contributed by atoms with Gasteiger partial charge in [-0.2, -0.15) is 5.10 Å². The molecule has 1 atom stereocenters. The Hall–Kier alpha value is -0.910. The minimum absolute atomic E-state index is 0.431. The Labute approximate surface area is 145 Å². The minimum Gasteiger partial charge on any atom is -0.381 e. The molecule has 2 fully saturated rings. The number of rotatable bonds is 7. The van der Waals surface area contributed by atoms with E-state index in [4.69, 9.17) is 14.6 Å². The Morgan fingerprint density at radius 1 is 1.17 bits per heavy atom. The van der Waals surface area contributed by atoms with Gasteiger partial charge in [0.2, 0.25) is 0 Å². The van der Waals surface area contributed by atoms with Crippen molar-refractivity contribution in [1.29, 1.82) is 0 Å². The first kappa shape index (κ1) is 16.6. The van der Waals surface area contributed by atoms with Crippen LogP contribution < -0.4 is 0 Å². The summed E-state index contributed by atoms with van der Waals surface area (Å²) in [5, 5.41) is 4.84. The van der Waals surface area contributed by atoms with Crippen molar-refractivity contribution in [3.8, 4) is 0 Å². The van der Waals surface area contributed by atoms with Crippen LogP contribution in [0.5, 0.6) is 0 Å². The molecule has 0 N–H and O–H groups in total. The van der Waals surface area contributed by atoms with Crippen molar-refractivity contribution in [3.05, 3.63) is 17.5 Å². The zero-order chi connectivity index (χ0) is 16.4. The molecule has 1 aromatic heterocycles. The molecule has 5 nitrogen and oxygen atoms in total. The second-order valence-electron chi connectivity index (χ2n) is 7.82. The predicted molar refractivity (Wildman–Crippen MR) is 93.0 cm³/mol. The van der Waals surface area contributed by atoms with Gasteiger partial charge in [-0.3, -0.25) is 9.58 Å². The van der Waals surface area contributed by atoms with Gasteiger partial charge in [-0.15, -0.1) is 0 Å². The van der Waals surface area contributed by atoms with E-state index >= 15 is 0 Å². The van der Waals surface area contributed by atoms with E-state index in [1.807, 2.05) is 0 Å². The van der Waals surface area contributed by atoms with Gasteiger partial charge >= 0.3 is 0 Å². The van der Waals surface area contributed by atoms with Crippen LogP contribution in [0.4, 0.5) is 0 Å². The van der Waals surface area contributed by atoms with Gasteiger partial charge < -0.3 is 9.47 Å². The lowest BCUT2D eigenvalue weighted by molar-refractivity contribution is 0.0430. The van der Waals surface area contributed by atoms with Gasteiger partial charge in [0, 0.05) is 63.7 Å². The standard InChI is InChI=1S/C19H31N3O2/c1-2-22-12-17-10-21(9-15-5-7-23-8-6-15)11-18(19(17)20-22)14-24-13-16-3-4-16/h12,15-16,18H,2-11,13-14H2,1H3. The highest BCUT2D eigenvalue weighted by Crippen LogP contribution is 2.32. The van der Waals surface area contributed by atoms with E-state index in [1.54, 1.807) is 0 Å². The van der Waals surface area contributed by atoms with Crippen molar-refractivity contribution >= 4 is 0 Å². The maximum atomic E-state index is 6.04. The third-order valence-electron chi connectivity index (χ3n) is 5.68. The summed E-state index contributed by atoms with van der Waals surface area (Å²) in [6.07, 6.45) is 7.38. The van der Waals surface area contributed by atoms with Crippen LogP contribution in [0.15, 0.2) is 6.20 Å². The Bertz CT molecular complexity index is 535. The fraction of sp³-hybridized carbons (Fsp3) is 0.842. The molecule has 0 aromatic carbocycles. The maximum absolute atomic E-state index is 6.04. The lowest BCUT2D eigenvalue weighted by Gasteiger charge is -2.35. The quantitative estimate of drug-likeness (QED) is 0.769. The summed E-state index contributed by atoms with van der Waals surface area (Å²) < 4.78 is 13.6. The second-order valence-corrected chi connectivity index (χ2v) is 7.82. The van der Waals surface area contributed by atoms with Crippen molar-refractivity contribution in [2.45, 2.75) is 51.6 Å². The zero-order valence-corrected chi connectivity index (χ0v) is 15.0. The van der Waals surface area contributed by atoms with E-state index in [1.165, 1.54) is 43.5 Å². The number of aryl methyl sites for hydroxylation is 1. The van der Waals surface area contributed by atoms with Gasteiger partial charge in [0.05, 0.1) is 12.3 Å². The number of nitrogens with zero attached hydrogens (tertiary/aromatic N) is 3. The Kier molecular flexibility index (Phi) is 5.20. The van der Waals surface area contributed by atoms with Gasteiger partial charge in [0.15, 0.2) is 0 Å². The van der Waals surface area contributed by atoms with Crippen LogP contribution in [-0.4, -0.2) is 54.2 Å². The average Bonchev–Trinajstić information content (AvgIpc) is 3.32. The van der Waals surface area contributed by atoms with E-state index in [2.05, 4.69) is 22.7 Å². The highest BCUT2D eigenvalue weighted by atomic mass is 16.5. The maximum Gasteiger partial charge on any atom is 0.0736 e. The van der Waals surface area contributed by atoms with Gasteiger partial charge in [-0.05, 0) is 44.4 Å². The molecular formula is C19H31N3O2. The first-order valence-corrected chi connectivity index (χ1v) is 9.76. The summed E-state index contributed by atoms with van der Waals surface area (Å²) in [6.45, 7) is 10.1. The molecule has 0 radical (unpaired) electrons. The first-order valence-electron chi connectivity index (χ1n) is 9.76. The lowest BCUT2D eigenvalue weighted by atomic mass is 9.94. The van der Waals surface area contributed by atoms with Gasteiger partial charge in [0.1, 0.15) is 0 Å². The molecule has 5 heteroatoms.